The molecule has 0 saturated heterocycles. The number of pyridine rings is 1. The molecule has 0 aromatic carbocycles. The lowest BCUT2D eigenvalue weighted by Gasteiger charge is -2.13. The first-order valence-electron chi connectivity index (χ1n) is 7.31. The van der Waals surface area contributed by atoms with E-state index >= 15 is 0 Å². The molecule has 0 spiro atoms. The number of carbonyl (C=O) groups is 2. The lowest BCUT2D eigenvalue weighted by molar-refractivity contribution is -0.136. The highest BCUT2D eigenvalue weighted by atomic mass is 16.4. The number of aromatic nitrogens is 4. The van der Waals surface area contributed by atoms with Crippen LogP contribution in [-0.2, 0) is 18.3 Å². The lowest BCUT2D eigenvalue weighted by Crippen LogP contribution is -2.35. The summed E-state index contributed by atoms with van der Waals surface area (Å²) in [5.74, 6) is -1.12. The Hall–Kier alpha value is -2.97. The quantitative estimate of drug-likeness (QED) is 0.718. The Bertz CT molecular complexity index is 852. The Morgan fingerprint density at radius 2 is 2.08 bits per heavy atom. The van der Waals surface area contributed by atoms with Gasteiger partial charge in [0.15, 0.2) is 5.82 Å². The van der Waals surface area contributed by atoms with E-state index in [1.165, 1.54) is 4.57 Å². The predicted molar refractivity (Wildman–Crippen MR) is 84.8 cm³/mol. The fourth-order valence-electron chi connectivity index (χ4n) is 2.21. The highest BCUT2D eigenvalue weighted by Gasteiger charge is 2.19. The third-order valence-corrected chi connectivity index (χ3v) is 3.82. The van der Waals surface area contributed by atoms with E-state index < -0.39 is 17.9 Å². The molecular formula is C15H19N5O4. The average Bonchev–Trinajstić information content (AvgIpc) is 2.96. The summed E-state index contributed by atoms with van der Waals surface area (Å²) in [4.78, 5) is 39.3. The first-order chi connectivity index (χ1) is 11.2. The Labute approximate surface area is 137 Å². The van der Waals surface area contributed by atoms with Crippen molar-refractivity contribution in [2.45, 2.75) is 33.2 Å². The van der Waals surface area contributed by atoms with Gasteiger partial charge in [0, 0.05) is 12.7 Å². The maximum atomic E-state index is 12.4. The number of aryl methyl sites for hydroxylation is 1. The Balaban J connectivity index is 2.19. The minimum absolute atomic E-state index is 0.0359. The molecule has 9 nitrogen and oxygen atoms in total. The number of rotatable bonds is 5. The van der Waals surface area contributed by atoms with Crippen molar-refractivity contribution in [3.8, 4) is 0 Å². The number of aliphatic carboxylic acids is 1. The number of carboxylic acid groups (broad SMARTS) is 1. The second-order valence-corrected chi connectivity index (χ2v) is 5.60. The topological polar surface area (TPSA) is 130 Å². The zero-order chi connectivity index (χ0) is 18.0. The second kappa shape index (κ2) is 6.65. The van der Waals surface area contributed by atoms with Crippen LogP contribution in [0.5, 0.6) is 0 Å². The van der Waals surface area contributed by atoms with Gasteiger partial charge in [-0.25, -0.2) is 4.98 Å². The molecule has 128 valence electrons. The van der Waals surface area contributed by atoms with E-state index in [9.17, 15) is 14.4 Å². The first kappa shape index (κ1) is 17.4. The average molecular weight is 333 g/mol. The van der Waals surface area contributed by atoms with Gasteiger partial charge in [-0.2, -0.15) is 5.10 Å². The van der Waals surface area contributed by atoms with Crippen LogP contribution >= 0.6 is 0 Å². The van der Waals surface area contributed by atoms with E-state index in [1.54, 1.807) is 27.0 Å². The maximum Gasteiger partial charge on any atom is 0.311 e. The summed E-state index contributed by atoms with van der Waals surface area (Å²) < 4.78 is 1.42. The van der Waals surface area contributed by atoms with E-state index in [0.717, 1.165) is 11.3 Å². The van der Waals surface area contributed by atoms with Crippen molar-refractivity contribution in [2.24, 2.45) is 7.05 Å². The van der Waals surface area contributed by atoms with Crippen LogP contribution in [0.1, 0.15) is 46.2 Å². The highest BCUT2D eigenvalue weighted by molar-refractivity contribution is 5.94. The summed E-state index contributed by atoms with van der Waals surface area (Å²) in [6, 6.07) is 0.968. The molecule has 0 saturated carbocycles. The van der Waals surface area contributed by atoms with E-state index in [-0.39, 0.29) is 29.2 Å². The molecule has 0 aliphatic heterocycles. The summed E-state index contributed by atoms with van der Waals surface area (Å²) in [7, 11) is 1.61. The minimum atomic E-state index is -1.03. The second-order valence-electron chi connectivity index (χ2n) is 5.60. The molecule has 0 bridgehead atoms. The van der Waals surface area contributed by atoms with Crippen LogP contribution < -0.4 is 10.9 Å². The third kappa shape index (κ3) is 3.50. The van der Waals surface area contributed by atoms with Gasteiger partial charge in [0.1, 0.15) is 17.8 Å². The van der Waals surface area contributed by atoms with Crippen LogP contribution in [0.2, 0.25) is 0 Å². The van der Waals surface area contributed by atoms with Gasteiger partial charge in [-0.05, 0) is 32.4 Å². The van der Waals surface area contributed by atoms with Crippen LogP contribution in [0.3, 0.4) is 0 Å². The summed E-state index contributed by atoms with van der Waals surface area (Å²) in [6.07, 6.45) is -0.286. The van der Waals surface area contributed by atoms with Crippen LogP contribution in [0.15, 0.2) is 10.9 Å². The van der Waals surface area contributed by atoms with Crippen molar-refractivity contribution in [1.82, 2.24) is 25.1 Å². The van der Waals surface area contributed by atoms with E-state index in [4.69, 9.17) is 5.11 Å². The van der Waals surface area contributed by atoms with Gasteiger partial charge in [-0.15, -0.1) is 0 Å². The van der Waals surface area contributed by atoms with Gasteiger partial charge in [0.05, 0.1) is 6.04 Å². The van der Waals surface area contributed by atoms with Crippen molar-refractivity contribution in [3.63, 3.8) is 0 Å². The molecule has 2 aromatic rings. The number of carboxylic acids is 1. The molecule has 0 unspecified atom stereocenters. The summed E-state index contributed by atoms with van der Waals surface area (Å²) in [5.41, 5.74) is 1.27. The molecule has 3 N–H and O–H groups in total. The predicted octanol–water partition coefficient (Wildman–Crippen LogP) is 0.238. The summed E-state index contributed by atoms with van der Waals surface area (Å²) in [6.45, 7) is 5.28. The van der Waals surface area contributed by atoms with Gasteiger partial charge in [-0.1, -0.05) is 0 Å². The number of nitrogens with one attached hydrogen (secondary N) is 2. The zero-order valence-electron chi connectivity index (χ0n) is 13.9. The normalized spacial score (nSPS) is 12.0. The van der Waals surface area contributed by atoms with E-state index in [2.05, 4.69) is 20.5 Å². The first-order valence-corrected chi connectivity index (χ1v) is 7.31. The maximum absolute atomic E-state index is 12.4. The molecule has 2 aromatic heterocycles. The SMILES string of the molecule is Cc1cc(C(=O)N[C@H](C)c2n[nH]c(CC(=O)O)n2)c(=O)n(C)c1C. The molecule has 0 radical (unpaired) electrons. The Morgan fingerprint density at radius 3 is 2.71 bits per heavy atom. The Kier molecular flexibility index (Phi) is 4.82. The van der Waals surface area contributed by atoms with Crippen molar-refractivity contribution >= 4 is 11.9 Å². The molecule has 0 fully saturated rings. The molecule has 0 aliphatic rings. The van der Waals surface area contributed by atoms with Crippen molar-refractivity contribution < 1.29 is 14.7 Å². The van der Waals surface area contributed by atoms with Gasteiger partial charge in [0.2, 0.25) is 0 Å². The molecule has 2 rings (SSSR count). The third-order valence-electron chi connectivity index (χ3n) is 3.82. The molecular weight excluding hydrogens is 314 g/mol. The molecule has 9 heteroatoms. The van der Waals surface area contributed by atoms with Crippen molar-refractivity contribution in [3.05, 3.63) is 44.9 Å². The Morgan fingerprint density at radius 1 is 1.42 bits per heavy atom. The van der Waals surface area contributed by atoms with Crippen LogP contribution in [0.25, 0.3) is 0 Å². The van der Waals surface area contributed by atoms with E-state index in [0.29, 0.717) is 0 Å². The largest absolute Gasteiger partial charge is 0.481 e. The fraction of sp³-hybridized carbons (Fsp3) is 0.400. The minimum Gasteiger partial charge on any atom is -0.481 e. The van der Waals surface area contributed by atoms with Crippen molar-refractivity contribution in [1.29, 1.82) is 0 Å². The van der Waals surface area contributed by atoms with Gasteiger partial charge >= 0.3 is 5.97 Å². The molecule has 0 aliphatic carbocycles. The number of amides is 1. The molecule has 1 atom stereocenters. The number of hydrogen-bond donors (Lipinski definition) is 3. The number of aromatic amines is 1. The van der Waals surface area contributed by atoms with Crippen LogP contribution in [0.4, 0.5) is 0 Å². The van der Waals surface area contributed by atoms with E-state index in [1.807, 2.05) is 6.92 Å². The molecule has 1 amide bonds. The number of nitrogens with zero attached hydrogens (tertiary/aromatic N) is 3. The van der Waals surface area contributed by atoms with Gasteiger partial charge in [-0.3, -0.25) is 19.5 Å². The van der Waals surface area contributed by atoms with Gasteiger partial charge in [0.25, 0.3) is 11.5 Å². The smallest absolute Gasteiger partial charge is 0.311 e. The van der Waals surface area contributed by atoms with Crippen molar-refractivity contribution in [2.75, 3.05) is 0 Å². The summed E-state index contributed by atoms with van der Waals surface area (Å²) >= 11 is 0. The zero-order valence-corrected chi connectivity index (χ0v) is 13.9. The molecule has 24 heavy (non-hydrogen) atoms. The summed E-state index contributed by atoms with van der Waals surface area (Å²) in [5, 5.41) is 17.8. The highest BCUT2D eigenvalue weighted by Crippen LogP contribution is 2.10. The molecule has 2 heterocycles. The number of H-pyrrole nitrogens is 1. The standard InChI is InChI=1S/C15H19N5O4/c1-7-5-10(15(24)20(4)9(7)3)14(23)16-8(2)13-17-11(18-19-13)6-12(21)22/h5,8H,6H2,1-4H3,(H,16,23)(H,21,22)(H,17,18,19)/t8-/m1/s1. The number of hydrogen-bond acceptors (Lipinski definition) is 5. The monoisotopic (exact) mass is 333 g/mol. The lowest BCUT2D eigenvalue weighted by atomic mass is 10.1. The number of carbonyl (C=O) groups excluding carboxylic acids is 1. The van der Waals surface area contributed by atoms with Crippen LogP contribution in [0, 0.1) is 13.8 Å². The van der Waals surface area contributed by atoms with Crippen LogP contribution in [-0.4, -0.2) is 36.7 Å². The fourth-order valence-corrected chi connectivity index (χ4v) is 2.21. The van der Waals surface area contributed by atoms with Gasteiger partial charge < -0.3 is 15.0 Å².